The van der Waals surface area contributed by atoms with Crippen molar-refractivity contribution in [3.05, 3.63) is 29.8 Å². The summed E-state index contributed by atoms with van der Waals surface area (Å²) in [7, 11) is 1.60. The van der Waals surface area contributed by atoms with Crippen molar-refractivity contribution in [1.29, 1.82) is 5.26 Å². The highest BCUT2D eigenvalue weighted by Crippen LogP contribution is 2.15. The molecule has 0 aromatic heterocycles. The third kappa shape index (κ3) is 5.01. The third-order valence-electron chi connectivity index (χ3n) is 2.83. The third-order valence-corrected chi connectivity index (χ3v) is 2.83. The zero-order chi connectivity index (χ0) is 13.2. The van der Waals surface area contributed by atoms with Gasteiger partial charge in [-0.15, -0.1) is 0 Å². The highest BCUT2D eigenvalue weighted by Gasteiger charge is 2.06. The highest BCUT2D eigenvalue weighted by molar-refractivity contribution is 5.96. The first-order valence-electron chi connectivity index (χ1n) is 6.32. The van der Waals surface area contributed by atoms with Crippen molar-refractivity contribution in [1.82, 2.24) is 0 Å². The van der Waals surface area contributed by atoms with E-state index in [0.29, 0.717) is 18.4 Å². The van der Waals surface area contributed by atoms with Crippen LogP contribution in [0.3, 0.4) is 0 Å². The van der Waals surface area contributed by atoms with Crippen LogP contribution in [0.25, 0.3) is 0 Å². The number of nitriles is 1. The Bertz CT molecular complexity index is 421. The Morgan fingerprint density at radius 3 is 2.78 bits per heavy atom. The van der Waals surface area contributed by atoms with E-state index in [9.17, 15) is 4.79 Å². The lowest BCUT2D eigenvalue weighted by Crippen LogP contribution is -1.99. The van der Waals surface area contributed by atoms with Crippen molar-refractivity contribution in [2.45, 2.75) is 38.5 Å². The largest absolute Gasteiger partial charge is 0.497 e. The van der Waals surface area contributed by atoms with Gasteiger partial charge in [-0.2, -0.15) is 5.26 Å². The van der Waals surface area contributed by atoms with Gasteiger partial charge in [-0.05, 0) is 25.0 Å². The molecule has 0 atom stereocenters. The van der Waals surface area contributed by atoms with E-state index in [-0.39, 0.29) is 5.78 Å². The highest BCUT2D eigenvalue weighted by atomic mass is 16.5. The van der Waals surface area contributed by atoms with Gasteiger partial charge in [0, 0.05) is 18.4 Å². The lowest BCUT2D eigenvalue weighted by Gasteiger charge is -2.03. The lowest BCUT2D eigenvalue weighted by molar-refractivity contribution is 0.0979. The first-order valence-corrected chi connectivity index (χ1v) is 6.32. The normalized spacial score (nSPS) is 9.78. The van der Waals surface area contributed by atoms with Gasteiger partial charge >= 0.3 is 0 Å². The monoisotopic (exact) mass is 245 g/mol. The topological polar surface area (TPSA) is 50.1 Å². The van der Waals surface area contributed by atoms with E-state index in [1.54, 1.807) is 13.2 Å². The van der Waals surface area contributed by atoms with Crippen LogP contribution in [-0.2, 0) is 0 Å². The molecule has 0 saturated heterocycles. The molecule has 3 nitrogen and oxygen atoms in total. The molecule has 3 heteroatoms. The van der Waals surface area contributed by atoms with E-state index in [1.807, 2.05) is 18.2 Å². The lowest BCUT2D eigenvalue weighted by atomic mass is 10.0. The number of Topliss-reactive ketones (excluding diaryl/α,β-unsaturated/α-hetero) is 1. The van der Waals surface area contributed by atoms with Crippen LogP contribution in [0.5, 0.6) is 5.75 Å². The second-order valence-corrected chi connectivity index (χ2v) is 4.23. The van der Waals surface area contributed by atoms with Gasteiger partial charge in [-0.1, -0.05) is 25.0 Å². The van der Waals surface area contributed by atoms with E-state index in [1.165, 1.54) is 0 Å². The summed E-state index contributed by atoms with van der Waals surface area (Å²) in [6.45, 7) is 0. The molecule has 0 aliphatic rings. The van der Waals surface area contributed by atoms with Gasteiger partial charge in [0.1, 0.15) is 5.75 Å². The maximum absolute atomic E-state index is 11.9. The zero-order valence-corrected chi connectivity index (χ0v) is 10.8. The Morgan fingerprint density at radius 1 is 1.28 bits per heavy atom. The number of hydrogen-bond donors (Lipinski definition) is 0. The average molecular weight is 245 g/mol. The molecule has 0 aliphatic carbocycles. The Hall–Kier alpha value is -1.82. The zero-order valence-electron chi connectivity index (χ0n) is 10.8. The van der Waals surface area contributed by atoms with E-state index < -0.39 is 0 Å². The molecule has 1 rings (SSSR count). The molecule has 1 aromatic rings. The van der Waals surface area contributed by atoms with Crippen molar-refractivity contribution < 1.29 is 9.53 Å². The van der Waals surface area contributed by atoms with Gasteiger partial charge < -0.3 is 4.74 Å². The second-order valence-electron chi connectivity index (χ2n) is 4.23. The summed E-state index contributed by atoms with van der Waals surface area (Å²) in [5.41, 5.74) is 0.714. The van der Waals surface area contributed by atoms with Crippen LogP contribution in [0.15, 0.2) is 24.3 Å². The van der Waals surface area contributed by atoms with Gasteiger partial charge in [-0.25, -0.2) is 0 Å². The summed E-state index contributed by atoms with van der Waals surface area (Å²) < 4.78 is 5.09. The first kappa shape index (κ1) is 14.2. The molecule has 0 saturated carbocycles. The molecule has 96 valence electrons. The molecule has 0 fully saturated rings. The second kappa shape index (κ2) is 8.30. The standard InChI is InChI=1S/C15H19NO2/c1-18-14-9-7-8-13(12-14)15(17)10-5-3-2-4-6-11-16/h7-9,12H,2-6,10H2,1H3. The number of unbranched alkanes of at least 4 members (excludes halogenated alkanes) is 4. The smallest absolute Gasteiger partial charge is 0.163 e. The molecular weight excluding hydrogens is 226 g/mol. The van der Waals surface area contributed by atoms with Crippen molar-refractivity contribution in [3.8, 4) is 11.8 Å². The van der Waals surface area contributed by atoms with E-state index in [0.717, 1.165) is 31.4 Å². The Labute approximate surface area is 108 Å². The van der Waals surface area contributed by atoms with Gasteiger partial charge in [-0.3, -0.25) is 4.79 Å². The molecule has 1 aromatic carbocycles. The van der Waals surface area contributed by atoms with Gasteiger partial charge in [0.05, 0.1) is 13.2 Å². The number of carbonyl (C=O) groups is 1. The van der Waals surface area contributed by atoms with Gasteiger partial charge in [0.15, 0.2) is 5.78 Å². The van der Waals surface area contributed by atoms with Crippen LogP contribution in [-0.4, -0.2) is 12.9 Å². The first-order chi connectivity index (χ1) is 8.77. The maximum Gasteiger partial charge on any atom is 0.163 e. The molecule has 0 radical (unpaired) electrons. The van der Waals surface area contributed by atoms with Crippen molar-refractivity contribution in [2.75, 3.05) is 7.11 Å². The van der Waals surface area contributed by atoms with Crippen LogP contribution in [0.1, 0.15) is 48.9 Å². The quantitative estimate of drug-likeness (QED) is 0.517. The molecule has 0 aliphatic heterocycles. The number of ether oxygens (including phenoxy) is 1. The number of benzene rings is 1. The van der Waals surface area contributed by atoms with Crippen LogP contribution in [0.2, 0.25) is 0 Å². The molecule has 0 unspecified atom stereocenters. The molecule has 0 spiro atoms. The van der Waals surface area contributed by atoms with Crippen molar-refractivity contribution in [3.63, 3.8) is 0 Å². The van der Waals surface area contributed by atoms with E-state index in [2.05, 4.69) is 6.07 Å². The molecule has 0 amide bonds. The number of nitrogens with zero attached hydrogens (tertiary/aromatic N) is 1. The Morgan fingerprint density at radius 2 is 2.06 bits per heavy atom. The summed E-state index contributed by atoms with van der Waals surface area (Å²) in [4.78, 5) is 11.9. The SMILES string of the molecule is COc1cccc(C(=O)CCCCCCC#N)c1. The fourth-order valence-corrected chi connectivity index (χ4v) is 1.78. The van der Waals surface area contributed by atoms with Crippen LogP contribution < -0.4 is 4.74 Å². The fourth-order valence-electron chi connectivity index (χ4n) is 1.78. The number of hydrogen-bond acceptors (Lipinski definition) is 3. The van der Waals surface area contributed by atoms with Crippen molar-refractivity contribution >= 4 is 5.78 Å². The molecular formula is C15H19NO2. The minimum atomic E-state index is 0.161. The minimum absolute atomic E-state index is 0.161. The van der Waals surface area contributed by atoms with Crippen molar-refractivity contribution in [2.24, 2.45) is 0 Å². The Balaban J connectivity index is 2.30. The fraction of sp³-hybridized carbons (Fsp3) is 0.467. The predicted molar refractivity (Wildman–Crippen MR) is 70.6 cm³/mol. The molecule has 0 bridgehead atoms. The summed E-state index contributed by atoms with van der Waals surface area (Å²) in [6.07, 6.45) is 5.05. The number of methoxy groups -OCH3 is 1. The summed E-state index contributed by atoms with van der Waals surface area (Å²) in [5.74, 6) is 0.879. The molecule has 18 heavy (non-hydrogen) atoms. The predicted octanol–water partition coefficient (Wildman–Crippen LogP) is 3.74. The van der Waals surface area contributed by atoms with E-state index in [4.69, 9.17) is 10.00 Å². The van der Waals surface area contributed by atoms with Crippen LogP contribution in [0.4, 0.5) is 0 Å². The molecule has 0 heterocycles. The summed E-state index contributed by atoms with van der Waals surface area (Å²) in [6, 6.07) is 9.39. The maximum atomic E-state index is 11.9. The summed E-state index contributed by atoms with van der Waals surface area (Å²) in [5, 5.41) is 8.39. The van der Waals surface area contributed by atoms with E-state index >= 15 is 0 Å². The average Bonchev–Trinajstić information content (AvgIpc) is 2.42. The number of rotatable bonds is 8. The van der Waals surface area contributed by atoms with Gasteiger partial charge in [0.2, 0.25) is 0 Å². The van der Waals surface area contributed by atoms with Crippen LogP contribution >= 0.6 is 0 Å². The molecule has 0 N–H and O–H groups in total. The number of carbonyl (C=O) groups excluding carboxylic acids is 1. The van der Waals surface area contributed by atoms with Crippen LogP contribution in [0, 0.1) is 11.3 Å². The minimum Gasteiger partial charge on any atom is -0.497 e. The number of ketones is 1. The van der Waals surface area contributed by atoms with Gasteiger partial charge in [0.25, 0.3) is 0 Å². The Kier molecular flexibility index (Phi) is 6.56. The summed E-state index contributed by atoms with van der Waals surface area (Å²) >= 11 is 0.